The van der Waals surface area contributed by atoms with Crippen molar-refractivity contribution in [3.63, 3.8) is 0 Å². The summed E-state index contributed by atoms with van der Waals surface area (Å²) in [7, 11) is 0. The van der Waals surface area contributed by atoms with Crippen LogP contribution in [0, 0.1) is 12.9 Å². The Morgan fingerprint density at radius 1 is 0.500 bits per heavy atom. The molecule has 10 aromatic rings. The summed E-state index contributed by atoms with van der Waals surface area (Å²) in [6.45, 7) is 10.9. The Bertz CT molecular complexity index is 3550. The van der Waals surface area contributed by atoms with Crippen molar-refractivity contribution >= 4 is 11.0 Å². The molecular formula is C63H54N3OPt-. The second-order valence-electron chi connectivity index (χ2n) is 19.4. The van der Waals surface area contributed by atoms with E-state index in [2.05, 4.69) is 143 Å². The van der Waals surface area contributed by atoms with Gasteiger partial charge >= 0.3 is 0 Å². The van der Waals surface area contributed by atoms with Crippen LogP contribution in [0.5, 0.6) is 5.75 Å². The number of phenols is 1. The van der Waals surface area contributed by atoms with Crippen molar-refractivity contribution in [1.29, 1.82) is 0 Å². The van der Waals surface area contributed by atoms with Gasteiger partial charge < -0.3 is 5.11 Å². The minimum Gasteiger partial charge on any atom is -0.507 e. The Kier molecular flexibility index (Phi) is 11.5. The first-order chi connectivity index (χ1) is 33.5. The third-order valence-electron chi connectivity index (χ3n) is 12.7. The molecule has 10 rings (SSSR count). The van der Waals surface area contributed by atoms with Gasteiger partial charge in [-0.15, -0.1) is 23.8 Å². The van der Waals surface area contributed by atoms with Gasteiger partial charge in [-0.05, 0) is 104 Å². The number of hydrogen-bond donors (Lipinski definition) is 1. The number of pyridine rings is 1. The zero-order valence-corrected chi connectivity index (χ0v) is 41.4. The fraction of sp³-hybridized carbons (Fsp3) is 0.143. The summed E-state index contributed by atoms with van der Waals surface area (Å²) in [6, 6.07) is 66.9. The van der Waals surface area contributed by atoms with E-state index in [9.17, 15) is 5.11 Å². The van der Waals surface area contributed by atoms with Crippen LogP contribution in [0.15, 0.2) is 194 Å². The number of phenolic OH excluding ortho intramolecular Hbond substituents is 1. The van der Waals surface area contributed by atoms with E-state index in [1.807, 2.05) is 84.9 Å². The molecule has 68 heavy (non-hydrogen) atoms. The van der Waals surface area contributed by atoms with Crippen molar-refractivity contribution in [2.45, 2.75) is 59.2 Å². The quantitative estimate of drug-likeness (QED) is 0.154. The molecule has 0 unspecified atom stereocenters. The van der Waals surface area contributed by atoms with Gasteiger partial charge in [0, 0.05) is 42.6 Å². The molecule has 5 heteroatoms. The number of hydrogen-bond acceptors (Lipinski definition) is 3. The summed E-state index contributed by atoms with van der Waals surface area (Å²) in [4.78, 5) is 10.5. The van der Waals surface area contributed by atoms with E-state index in [1.54, 1.807) is 18.3 Å². The molecule has 0 spiro atoms. The fourth-order valence-corrected chi connectivity index (χ4v) is 8.97. The van der Waals surface area contributed by atoms with E-state index >= 15 is 0 Å². The second kappa shape index (κ2) is 18.5. The number of benzene rings is 8. The van der Waals surface area contributed by atoms with Gasteiger partial charge in [0.15, 0.2) is 0 Å². The molecule has 0 aliphatic carbocycles. The molecule has 0 saturated carbocycles. The van der Waals surface area contributed by atoms with Crippen molar-refractivity contribution in [3.8, 4) is 89.7 Å². The Hall–Kier alpha value is -7.13. The van der Waals surface area contributed by atoms with Gasteiger partial charge in [-0.25, -0.2) is 4.98 Å². The molecule has 0 amide bonds. The van der Waals surface area contributed by atoms with Crippen LogP contribution in [0.25, 0.3) is 95.0 Å². The molecule has 0 bridgehead atoms. The minimum absolute atomic E-state index is 0. The summed E-state index contributed by atoms with van der Waals surface area (Å²) in [5.41, 5.74) is 15.9. The van der Waals surface area contributed by atoms with Crippen molar-refractivity contribution < 1.29 is 30.3 Å². The molecule has 2 heterocycles. The Morgan fingerprint density at radius 3 is 1.76 bits per heavy atom. The van der Waals surface area contributed by atoms with Crippen molar-refractivity contribution in [2.24, 2.45) is 0 Å². The van der Waals surface area contributed by atoms with Crippen LogP contribution in [0.4, 0.5) is 0 Å². The molecule has 0 saturated heterocycles. The van der Waals surface area contributed by atoms with E-state index in [0.717, 1.165) is 77.9 Å². The number of rotatable bonds is 8. The molecule has 0 fully saturated rings. The van der Waals surface area contributed by atoms with Crippen LogP contribution in [-0.2, 0) is 31.9 Å². The van der Waals surface area contributed by atoms with Gasteiger partial charge in [-0.2, -0.15) is 0 Å². The number of para-hydroxylation sites is 1. The summed E-state index contributed by atoms with van der Waals surface area (Å²) in [5.74, 6) is 0.764. The van der Waals surface area contributed by atoms with E-state index < -0.39 is 6.85 Å². The summed E-state index contributed by atoms with van der Waals surface area (Å²) >= 11 is 0. The largest absolute Gasteiger partial charge is 0.507 e. The summed E-state index contributed by atoms with van der Waals surface area (Å²) in [5, 5.41) is 11.8. The average molecular weight is 1070 g/mol. The van der Waals surface area contributed by atoms with Crippen molar-refractivity contribution in [1.82, 2.24) is 14.5 Å². The molecule has 2 aromatic heterocycles. The maximum atomic E-state index is 11.8. The number of aryl methyl sites for hydroxylation is 1. The molecule has 4 nitrogen and oxygen atoms in total. The Labute approximate surface area is 419 Å². The first-order valence-electron chi connectivity index (χ1n) is 24.4. The van der Waals surface area contributed by atoms with Crippen LogP contribution in [-0.4, -0.2) is 19.6 Å². The number of aromatic nitrogens is 3. The van der Waals surface area contributed by atoms with Crippen molar-refractivity contribution in [2.75, 3.05) is 0 Å². The van der Waals surface area contributed by atoms with Gasteiger partial charge in [0.25, 0.3) is 0 Å². The van der Waals surface area contributed by atoms with E-state index in [1.165, 1.54) is 5.56 Å². The molecule has 0 aliphatic rings. The van der Waals surface area contributed by atoms with Crippen molar-refractivity contribution in [3.05, 3.63) is 217 Å². The topological polar surface area (TPSA) is 50.9 Å². The van der Waals surface area contributed by atoms with Gasteiger partial charge in [0.2, 0.25) is 0 Å². The summed E-state index contributed by atoms with van der Waals surface area (Å²) < 4.78 is 27.7. The Morgan fingerprint density at radius 2 is 1.10 bits per heavy atom. The molecule has 0 aliphatic heterocycles. The molecule has 1 N–H and O–H groups in total. The zero-order valence-electron chi connectivity index (χ0n) is 42.1. The standard InChI is InChI=1S/C63H54N3O.Pt/c1-41-34-45(26-29-52(41)43-20-13-9-14-21-43)46-32-33-64-56(38-46)49-36-47(42-18-11-8-12-19-42)35-48(37-49)53-24-17-25-58-60(53)65-61(55-40-51(63(5,6)7)28-31-59(55)67)66(58)57-30-27-50(62(2,3)4)39-54(57)44-22-15-10-16-23-44;/h8-36,38-40,67H,1-7H3;/q-1;/i1D3;. The first-order valence-corrected chi connectivity index (χ1v) is 22.9. The Balaban J connectivity index is 0.00000624. The monoisotopic (exact) mass is 1070 g/mol. The normalized spacial score (nSPS) is 12.5. The molecule has 338 valence electrons. The van der Waals surface area contributed by atoms with Crippen LogP contribution < -0.4 is 0 Å². The maximum absolute atomic E-state index is 11.8. The van der Waals surface area contributed by atoms with Gasteiger partial charge in [-0.3, -0.25) is 9.55 Å². The van der Waals surface area contributed by atoms with Crippen LogP contribution in [0.2, 0.25) is 0 Å². The smallest absolute Gasteiger partial charge is 0.148 e. The van der Waals surface area contributed by atoms with Gasteiger partial charge in [0.1, 0.15) is 11.6 Å². The molecule has 0 atom stereocenters. The van der Waals surface area contributed by atoms with Gasteiger partial charge in [-0.1, -0.05) is 198 Å². The predicted octanol–water partition coefficient (Wildman–Crippen LogP) is 16.5. The minimum atomic E-state index is -2.33. The number of nitrogens with zero attached hydrogens (tertiary/aromatic N) is 3. The predicted molar refractivity (Wildman–Crippen MR) is 280 cm³/mol. The van der Waals surface area contributed by atoms with Crippen LogP contribution >= 0.6 is 0 Å². The van der Waals surface area contributed by atoms with Crippen LogP contribution in [0.1, 0.15) is 62.3 Å². The molecule has 0 radical (unpaired) electrons. The zero-order chi connectivity index (χ0) is 49.0. The molecule has 8 aromatic carbocycles. The van der Waals surface area contributed by atoms with E-state index in [-0.39, 0.29) is 37.6 Å². The molecular weight excluding hydrogens is 1010 g/mol. The van der Waals surface area contributed by atoms with E-state index in [4.69, 9.17) is 14.1 Å². The third kappa shape index (κ3) is 9.02. The van der Waals surface area contributed by atoms with E-state index in [0.29, 0.717) is 28.2 Å². The average Bonchev–Trinajstić information content (AvgIpc) is 3.75. The fourth-order valence-electron chi connectivity index (χ4n) is 8.97. The van der Waals surface area contributed by atoms with Gasteiger partial charge in [0.05, 0.1) is 22.3 Å². The summed E-state index contributed by atoms with van der Waals surface area (Å²) in [6.07, 6.45) is 1.77. The maximum Gasteiger partial charge on any atom is 0.148 e. The number of aromatic hydroxyl groups is 1. The first kappa shape index (κ1) is 42.2. The van der Waals surface area contributed by atoms with Crippen LogP contribution in [0.3, 0.4) is 0 Å². The number of imidazole rings is 1. The number of fused-ring (bicyclic) bond motifs is 1. The third-order valence-corrected chi connectivity index (χ3v) is 12.7. The second-order valence-corrected chi connectivity index (χ2v) is 19.4. The SMILES string of the molecule is [2H]C([2H])([2H])c1cc(-c2ccnc(-c3[c-]c(-c4cccc5c4nc(-c4cc(C(C)(C)C)ccc4O)n5-c4ccc(C(C)(C)C)cc4-c4ccccc4)cc(-c4ccccc4)c3)c2)ccc1-c1ccccc1.[Pt].